The smallest absolute Gasteiger partial charge is 0.331 e. The first kappa shape index (κ1) is 15.9. The molecule has 0 fully saturated rings. The van der Waals surface area contributed by atoms with Crippen LogP contribution in [0.15, 0.2) is 41.1 Å². The second-order valence-electron chi connectivity index (χ2n) is 4.98. The van der Waals surface area contributed by atoms with Gasteiger partial charge in [0.05, 0.1) is 18.4 Å². The lowest BCUT2D eigenvalue weighted by Crippen LogP contribution is -2.32. The van der Waals surface area contributed by atoms with Crippen LogP contribution in [0, 0.1) is 0 Å². The summed E-state index contributed by atoms with van der Waals surface area (Å²) in [4.78, 5) is 41.2. The summed E-state index contributed by atoms with van der Waals surface area (Å²) in [7, 11) is 1.28. The second kappa shape index (κ2) is 6.29. The molecule has 2 aromatic rings. The highest BCUT2D eigenvalue weighted by molar-refractivity contribution is 7.08. The van der Waals surface area contributed by atoms with E-state index in [9.17, 15) is 14.4 Å². The molecule has 0 unspecified atom stereocenters. The number of carbonyl (C=O) groups is 3. The first-order chi connectivity index (χ1) is 11.5. The van der Waals surface area contributed by atoms with Crippen molar-refractivity contribution in [1.82, 2.24) is 0 Å². The Morgan fingerprint density at radius 2 is 1.83 bits per heavy atom. The molecule has 1 aromatic carbocycles. The van der Waals surface area contributed by atoms with E-state index in [1.54, 1.807) is 35.0 Å². The number of carbonyl (C=O) groups excluding carboxylic acids is 3. The highest BCUT2D eigenvalue weighted by atomic mass is 32.1. The van der Waals surface area contributed by atoms with Crippen molar-refractivity contribution in [3.8, 4) is 0 Å². The van der Waals surface area contributed by atoms with Crippen LogP contribution in [0.25, 0.3) is 5.57 Å². The van der Waals surface area contributed by atoms with E-state index in [2.05, 4.69) is 0 Å². The van der Waals surface area contributed by atoms with E-state index in [1.165, 1.54) is 31.4 Å². The summed E-state index contributed by atoms with van der Waals surface area (Å²) in [5.41, 5.74) is 2.46. The minimum atomic E-state index is -0.615. The highest BCUT2D eigenvalue weighted by Crippen LogP contribution is 2.39. The summed E-state index contributed by atoms with van der Waals surface area (Å²) in [6, 6.07) is 6.89. The number of rotatable bonds is 2. The highest BCUT2D eigenvalue weighted by Gasteiger charge is 2.32. The van der Waals surface area contributed by atoms with Crippen LogP contribution >= 0.6 is 11.3 Å². The van der Waals surface area contributed by atoms with Crippen LogP contribution in [0.4, 0.5) is 5.69 Å². The third-order valence-electron chi connectivity index (χ3n) is 3.46. The van der Waals surface area contributed by atoms with Crippen molar-refractivity contribution < 1.29 is 24.0 Å². The molecule has 24 heavy (non-hydrogen) atoms. The first-order valence-electron chi connectivity index (χ1n) is 7.01. The number of hydrogen-bond donors (Lipinski definition) is 0. The van der Waals surface area contributed by atoms with E-state index >= 15 is 0 Å². The SMILES string of the molecule is COC(=O)C=C1c2cscc2C(=O)N(OC(C)=O)c2ccccc21. The standard InChI is InChI=1S/C17H13NO5S/c1-10(19)23-18-15-6-4-3-5-11(15)12(7-16(20)22-2)13-8-24-9-14(13)17(18)21/h3-9H,1-2H3. The quantitative estimate of drug-likeness (QED) is 0.619. The summed E-state index contributed by atoms with van der Waals surface area (Å²) in [5.74, 6) is -1.62. The van der Waals surface area contributed by atoms with E-state index in [-0.39, 0.29) is 0 Å². The fourth-order valence-electron chi connectivity index (χ4n) is 2.47. The topological polar surface area (TPSA) is 72.9 Å². The maximum atomic E-state index is 12.8. The second-order valence-corrected chi connectivity index (χ2v) is 5.72. The number of hydroxylamine groups is 1. The van der Waals surface area contributed by atoms with Gasteiger partial charge < -0.3 is 9.57 Å². The van der Waals surface area contributed by atoms with Gasteiger partial charge in [-0.3, -0.25) is 4.79 Å². The maximum Gasteiger partial charge on any atom is 0.331 e. The molecule has 1 amide bonds. The third-order valence-corrected chi connectivity index (χ3v) is 4.21. The summed E-state index contributed by atoms with van der Waals surface area (Å²) < 4.78 is 4.72. The lowest BCUT2D eigenvalue weighted by molar-refractivity contribution is -0.141. The molecule has 0 aliphatic carbocycles. The predicted octanol–water partition coefficient (Wildman–Crippen LogP) is 2.79. The van der Waals surface area contributed by atoms with Crippen molar-refractivity contribution in [2.45, 2.75) is 6.92 Å². The number of benzene rings is 1. The minimum Gasteiger partial charge on any atom is -0.466 e. The number of hydrogen-bond acceptors (Lipinski definition) is 6. The van der Waals surface area contributed by atoms with E-state index in [0.717, 1.165) is 5.06 Å². The zero-order valence-electron chi connectivity index (χ0n) is 12.9. The molecule has 0 bridgehead atoms. The fraction of sp³-hybridized carbons (Fsp3) is 0.118. The molecule has 3 rings (SSSR count). The van der Waals surface area contributed by atoms with Crippen LogP contribution in [0.2, 0.25) is 0 Å². The van der Waals surface area contributed by atoms with Crippen LogP contribution in [0.5, 0.6) is 0 Å². The van der Waals surface area contributed by atoms with Crippen LogP contribution in [0.1, 0.15) is 28.4 Å². The Morgan fingerprint density at radius 3 is 2.54 bits per heavy atom. The van der Waals surface area contributed by atoms with Crippen molar-refractivity contribution in [2.75, 3.05) is 12.2 Å². The number of para-hydroxylation sites is 1. The molecular weight excluding hydrogens is 330 g/mol. The van der Waals surface area contributed by atoms with Gasteiger partial charge in [-0.2, -0.15) is 11.3 Å². The van der Waals surface area contributed by atoms with E-state index in [0.29, 0.717) is 28.0 Å². The average molecular weight is 343 g/mol. The molecule has 1 aliphatic rings. The summed E-state index contributed by atoms with van der Waals surface area (Å²) >= 11 is 1.32. The lowest BCUT2D eigenvalue weighted by Gasteiger charge is -2.20. The van der Waals surface area contributed by atoms with E-state index in [4.69, 9.17) is 9.57 Å². The molecule has 0 atom stereocenters. The number of esters is 1. The fourth-order valence-corrected chi connectivity index (χ4v) is 3.29. The molecule has 0 radical (unpaired) electrons. The van der Waals surface area contributed by atoms with Gasteiger partial charge in [-0.15, -0.1) is 5.06 Å². The molecule has 2 heterocycles. The zero-order valence-corrected chi connectivity index (χ0v) is 13.8. The van der Waals surface area contributed by atoms with Crippen LogP contribution in [-0.4, -0.2) is 25.0 Å². The Balaban J connectivity index is 2.30. The Hall–Kier alpha value is -2.93. The number of methoxy groups -OCH3 is 1. The third kappa shape index (κ3) is 2.69. The molecular formula is C17H13NO5S. The largest absolute Gasteiger partial charge is 0.466 e. The first-order valence-corrected chi connectivity index (χ1v) is 7.95. The summed E-state index contributed by atoms with van der Waals surface area (Å²) in [6.07, 6.45) is 1.33. The number of anilines is 1. The monoisotopic (exact) mass is 343 g/mol. The molecule has 7 heteroatoms. The maximum absolute atomic E-state index is 12.8. The Morgan fingerprint density at radius 1 is 1.12 bits per heavy atom. The van der Waals surface area contributed by atoms with Gasteiger partial charge in [0.15, 0.2) is 0 Å². The van der Waals surface area contributed by atoms with Crippen LogP contribution < -0.4 is 5.06 Å². The van der Waals surface area contributed by atoms with Gasteiger partial charge in [-0.05, 0) is 17.0 Å². The molecule has 0 saturated heterocycles. The molecule has 1 aromatic heterocycles. The van der Waals surface area contributed by atoms with Gasteiger partial charge >= 0.3 is 11.9 Å². The Labute approximate surface area is 141 Å². The van der Waals surface area contributed by atoms with Crippen molar-refractivity contribution in [1.29, 1.82) is 0 Å². The molecule has 0 saturated carbocycles. The molecule has 122 valence electrons. The predicted molar refractivity (Wildman–Crippen MR) is 88.4 cm³/mol. The number of amides is 1. The summed E-state index contributed by atoms with van der Waals surface area (Å²) in [6.45, 7) is 1.22. The lowest BCUT2D eigenvalue weighted by atomic mass is 9.97. The zero-order chi connectivity index (χ0) is 17.3. The van der Waals surface area contributed by atoms with Crippen molar-refractivity contribution >= 4 is 40.4 Å². The van der Waals surface area contributed by atoms with Gasteiger partial charge in [-0.1, -0.05) is 18.2 Å². The number of thiophene rings is 1. The Kier molecular flexibility index (Phi) is 4.18. The Bertz CT molecular complexity index is 867. The van der Waals surface area contributed by atoms with Gasteiger partial charge in [0.1, 0.15) is 0 Å². The number of ether oxygens (including phenoxy) is 1. The van der Waals surface area contributed by atoms with Crippen molar-refractivity contribution in [3.05, 3.63) is 57.8 Å². The van der Waals surface area contributed by atoms with Gasteiger partial charge in [0.2, 0.25) is 0 Å². The number of nitrogens with zero attached hydrogens (tertiary/aromatic N) is 1. The normalized spacial score (nSPS) is 14.7. The van der Waals surface area contributed by atoms with Gasteiger partial charge in [0.25, 0.3) is 5.91 Å². The number of fused-ring (bicyclic) bond motifs is 2. The van der Waals surface area contributed by atoms with Gasteiger partial charge in [0, 0.05) is 29.5 Å². The van der Waals surface area contributed by atoms with Crippen molar-refractivity contribution in [2.24, 2.45) is 0 Å². The molecule has 0 N–H and O–H groups in total. The van der Waals surface area contributed by atoms with Crippen LogP contribution in [0.3, 0.4) is 0 Å². The average Bonchev–Trinajstić information content (AvgIpc) is 3.03. The molecule has 0 spiro atoms. The molecule has 6 nitrogen and oxygen atoms in total. The minimum absolute atomic E-state index is 0.354. The molecule has 1 aliphatic heterocycles. The van der Waals surface area contributed by atoms with Crippen LogP contribution in [-0.2, 0) is 19.2 Å². The van der Waals surface area contributed by atoms with Crippen molar-refractivity contribution in [3.63, 3.8) is 0 Å². The van der Waals surface area contributed by atoms with E-state index < -0.39 is 17.8 Å². The summed E-state index contributed by atoms with van der Waals surface area (Å²) in [5, 5.41) is 4.39. The van der Waals surface area contributed by atoms with E-state index in [1.807, 2.05) is 0 Å². The van der Waals surface area contributed by atoms with Gasteiger partial charge in [-0.25, -0.2) is 9.59 Å².